The predicted molar refractivity (Wildman–Crippen MR) is 99.9 cm³/mol. The number of benzene rings is 2. The molecule has 0 spiro atoms. The topological polar surface area (TPSA) is 35.5 Å². The van der Waals surface area contributed by atoms with Gasteiger partial charge in [-0.2, -0.15) is 0 Å². The standard InChI is InChI=1S/C22H24O3/c1-24-20-12-7-17(8-13-20)9-16-22(23)25-21-14-10-19(11-15-21)18-5-3-2-4-6-18/h7-16,18H,2-6H2,1H3/b16-9+. The van der Waals surface area contributed by atoms with E-state index in [1.807, 2.05) is 36.4 Å². The molecular formula is C22H24O3. The zero-order valence-corrected chi connectivity index (χ0v) is 14.6. The van der Waals surface area contributed by atoms with Crippen molar-refractivity contribution in [2.24, 2.45) is 0 Å². The summed E-state index contributed by atoms with van der Waals surface area (Å²) in [6, 6.07) is 15.5. The van der Waals surface area contributed by atoms with Crippen molar-refractivity contribution in [2.75, 3.05) is 7.11 Å². The van der Waals surface area contributed by atoms with Gasteiger partial charge in [-0.05, 0) is 60.2 Å². The molecule has 130 valence electrons. The Kier molecular flexibility index (Phi) is 5.89. The minimum atomic E-state index is -0.374. The molecule has 0 bridgehead atoms. The Morgan fingerprint density at radius 1 is 0.920 bits per heavy atom. The van der Waals surface area contributed by atoms with Gasteiger partial charge in [0.1, 0.15) is 11.5 Å². The summed E-state index contributed by atoms with van der Waals surface area (Å²) in [7, 11) is 1.63. The van der Waals surface area contributed by atoms with Crippen LogP contribution in [0.3, 0.4) is 0 Å². The van der Waals surface area contributed by atoms with Gasteiger partial charge in [-0.25, -0.2) is 4.79 Å². The molecule has 0 aliphatic heterocycles. The maximum absolute atomic E-state index is 12.0. The summed E-state index contributed by atoms with van der Waals surface area (Å²) >= 11 is 0. The van der Waals surface area contributed by atoms with Crippen molar-refractivity contribution >= 4 is 12.0 Å². The highest BCUT2D eigenvalue weighted by molar-refractivity contribution is 5.88. The molecule has 0 amide bonds. The van der Waals surface area contributed by atoms with E-state index in [4.69, 9.17) is 9.47 Å². The molecule has 1 aliphatic carbocycles. The number of hydrogen-bond donors (Lipinski definition) is 0. The van der Waals surface area contributed by atoms with E-state index in [1.165, 1.54) is 43.7 Å². The van der Waals surface area contributed by atoms with E-state index in [1.54, 1.807) is 13.2 Å². The largest absolute Gasteiger partial charge is 0.497 e. The van der Waals surface area contributed by atoms with Crippen molar-refractivity contribution in [3.8, 4) is 11.5 Å². The van der Waals surface area contributed by atoms with Gasteiger partial charge in [-0.15, -0.1) is 0 Å². The third kappa shape index (κ3) is 4.96. The molecule has 1 fully saturated rings. The quantitative estimate of drug-likeness (QED) is 0.419. The van der Waals surface area contributed by atoms with E-state index in [-0.39, 0.29) is 5.97 Å². The molecule has 0 N–H and O–H groups in total. The Morgan fingerprint density at radius 3 is 2.20 bits per heavy atom. The summed E-state index contributed by atoms with van der Waals surface area (Å²) < 4.78 is 10.5. The van der Waals surface area contributed by atoms with Gasteiger partial charge in [0.2, 0.25) is 0 Å². The van der Waals surface area contributed by atoms with Crippen molar-refractivity contribution in [1.29, 1.82) is 0 Å². The van der Waals surface area contributed by atoms with Gasteiger partial charge >= 0.3 is 5.97 Å². The number of rotatable bonds is 5. The van der Waals surface area contributed by atoms with E-state index in [0.29, 0.717) is 11.7 Å². The Morgan fingerprint density at radius 2 is 1.56 bits per heavy atom. The molecule has 2 aromatic rings. The Labute approximate surface area is 149 Å². The van der Waals surface area contributed by atoms with Crippen LogP contribution in [0.25, 0.3) is 6.08 Å². The first kappa shape index (κ1) is 17.3. The van der Waals surface area contributed by atoms with Gasteiger partial charge in [-0.1, -0.05) is 43.5 Å². The lowest BCUT2D eigenvalue weighted by atomic mass is 9.84. The van der Waals surface area contributed by atoms with Gasteiger partial charge < -0.3 is 9.47 Å². The van der Waals surface area contributed by atoms with Crippen LogP contribution in [0.5, 0.6) is 11.5 Å². The summed E-state index contributed by atoms with van der Waals surface area (Å²) in [4.78, 5) is 12.0. The van der Waals surface area contributed by atoms with Gasteiger partial charge in [0.15, 0.2) is 0 Å². The van der Waals surface area contributed by atoms with Crippen LogP contribution in [0.2, 0.25) is 0 Å². The van der Waals surface area contributed by atoms with Crippen molar-refractivity contribution < 1.29 is 14.3 Å². The molecule has 3 rings (SSSR count). The van der Waals surface area contributed by atoms with Crippen LogP contribution in [0.15, 0.2) is 54.6 Å². The first-order chi connectivity index (χ1) is 12.2. The van der Waals surface area contributed by atoms with E-state index in [2.05, 4.69) is 12.1 Å². The van der Waals surface area contributed by atoms with Crippen LogP contribution in [-0.2, 0) is 4.79 Å². The fourth-order valence-electron chi connectivity index (χ4n) is 3.27. The van der Waals surface area contributed by atoms with Crippen LogP contribution < -0.4 is 9.47 Å². The van der Waals surface area contributed by atoms with Crippen LogP contribution in [0.4, 0.5) is 0 Å². The molecule has 1 saturated carbocycles. The molecule has 0 radical (unpaired) electrons. The third-order valence-corrected chi connectivity index (χ3v) is 4.70. The van der Waals surface area contributed by atoms with Crippen LogP contribution >= 0.6 is 0 Å². The molecule has 0 saturated heterocycles. The molecule has 2 aromatic carbocycles. The number of carbonyl (C=O) groups is 1. The highest BCUT2D eigenvalue weighted by Crippen LogP contribution is 2.33. The van der Waals surface area contributed by atoms with E-state index in [0.717, 1.165) is 11.3 Å². The minimum absolute atomic E-state index is 0.374. The lowest BCUT2D eigenvalue weighted by Crippen LogP contribution is -2.06. The molecule has 3 heteroatoms. The summed E-state index contributed by atoms with van der Waals surface area (Å²) in [5, 5.41) is 0. The fourth-order valence-corrected chi connectivity index (χ4v) is 3.27. The first-order valence-corrected chi connectivity index (χ1v) is 8.88. The van der Waals surface area contributed by atoms with Gasteiger partial charge in [0, 0.05) is 6.08 Å². The minimum Gasteiger partial charge on any atom is -0.497 e. The lowest BCUT2D eigenvalue weighted by molar-refractivity contribution is -0.128. The zero-order chi connectivity index (χ0) is 17.5. The second-order valence-corrected chi connectivity index (χ2v) is 6.43. The summed E-state index contributed by atoms with van der Waals surface area (Å²) in [6.07, 6.45) is 9.70. The van der Waals surface area contributed by atoms with Crippen molar-refractivity contribution in [3.05, 3.63) is 65.7 Å². The summed E-state index contributed by atoms with van der Waals surface area (Å²) in [5.74, 6) is 1.66. The monoisotopic (exact) mass is 336 g/mol. The second kappa shape index (κ2) is 8.52. The zero-order valence-electron chi connectivity index (χ0n) is 14.6. The van der Waals surface area contributed by atoms with Crippen molar-refractivity contribution in [3.63, 3.8) is 0 Å². The van der Waals surface area contributed by atoms with Crippen molar-refractivity contribution in [1.82, 2.24) is 0 Å². The maximum Gasteiger partial charge on any atom is 0.336 e. The third-order valence-electron chi connectivity index (χ3n) is 4.70. The average molecular weight is 336 g/mol. The van der Waals surface area contributed by atoms with E-state index in [9.17, 15) is 4.79 Å². The number of esters is 1. The molecule has 0 heterocycles. The molecule has 3 nitrogen and oxygen atoms in total. The molecule has 0 unspecified atom stereocenters. The summed E-state index contributed by atoms with van der Waals surface area (Å²) in [5.41, 5.74) is 2.28. The number of hydrogen-bond acceptors (Lipinski definition) is 3. The van der Waals surface area contributed by atoms with Crippen LogP contribution in [0, 0.1) is 0 Å². The maximum atomic E-state index is 12.0. The highest BCUT2D eigenvalue weighted by Gasteiger charge is 2.15. The number of methoxy groups -OCH3 is 1. The van der Waals surface area contributed by atoms with Crippen molar-refractivity contribution in [2.45, 2.75) is 38.0 Å². The summed E-state index contributed by atoms with van der Waals surface area (Å²) in [6.45, 7) is 0. The van der Waals surface area contributed by atoms with Gasteiger partial charge in [-0.3, -0.25) is 0 Å². The van der Waals surface area contributed by atoms with E-state index >= 15 is 0 Å². The molecule has 0 aromatic heterocycles. The molecule has 0 atom stereocenters. The highest BCUT2D eigenvalue weighted by atomic mass is 16.5. The lowest BCUT2D eigenvalue weighted by Gasteiger charge is -2.21. The number of ether oxygens (including phenoxy) is 2. The van der Waals surface area contributed by atoms with E-state index < -0.39 is 0 Å². The molecule has 1 aliphatic rings. The van der Waals surface area contributed by atoms with Crippen LogP contribution in [-0.4, -0.2) is 13.1 Å². The first-order valence-electron chi connectivity index (χ1n) is 8.88. The average Bonchev–Trinajstić information content (AvgIpc) is 2.68. The smallest absolute Gasteiger partial charge is 0.336 e. The Balaban J connectivity index is 1.55. The predicted octanol–water partition coefficient (Wildman–Crippen LogP) is 5.36. The Hall–Kier alpha value is -2.55. The van der Waals surface area contributed by atoms with Crippen LogP contribution in [0.1, 0.15) is 49.1 Å². The SMILES string of the molecule is COc1ccc(/C=C/C(=O)Oc2ccc(C3CCCCC3)cc2)cc1. The second-order valence-electron chi connectivity index (χ2n) is 6.43. The van der Waals surface area contributed by atoms with Gasteiger partial charge in [0.25, 0.3) is 0 Å². The van der Waals surface area contributed by atoms with Gasteiger partial charge in [0.05, 0.1) is 7.11 Å². The molecule has 25 heavy (non-hydrogen) atoms. The fraction of sp³-hybridized carbons (Fsp3) is 0.318. The Bertz CT molecular complexity index is 708. The number of carbonyl (C=O) groups excluding carboxylic acids is 1. The molecular weight excluding hydrogens is 312 g/mol. The normalized spacial score (nSPS) is 15.2.